The molecule has 0 aromatic heterocycles. The predicted octanol–water partition coefficient (Wildman–Crippen LogP) is 6.26. The minimum absolute atomic E-state index is 0.00601. The summed E-state index contributed by atoms with van der Waals surface area (Å²) in [7, 11) is -0.225. The second kappa shape index (κ2) is 13.0. The van der Waals surface area contributed by atoms with Gasteiger partial charge in [0.05, 0.1) is 17.5 Å². The zero-order valence-electron chi connectivity index (χ0n) is 28.9. The van der Waals surface area contributed by atoms with Gasteiger partial charge in [0.1, 0.15) is 0 Å². The average molecular weight is 666 g/mol. The van der Waals surface area contributed by atoms with Crippen molar-refractivity contribution in [3.8, 4) is 0 Å². The first-order valence-electron chi connectivity index (χ1n) is 17.9. The van der Waals surface area contributed by atoms with Gasteiger partial charge < -0.3 is 15.3 Å². The van der Waals surface area contributed by atoms with Crippen LogP contribution in [0.25, 0.3) is 10.8 Å². The molecule has 0 radical (unpaired) electrons. The number of amides is 2. The summed E-state index contributed by atoms with van der Waals surface area (Å²) in [4.78, 5) is 27.4. The molecule has 3 N–H and O–H groups in total. The highest BCUT2D eigenvalue weighted by Crippen LogP contribution is 2.68. The molecule has 2 aromatic carbocycles. The Morgan fingerprint density at radius 2 is 1.70 bits per heavy atom. The third-order valence-corrected chi connectivity index (χ3v) is 14.9. The molecule has 9 atom stereocenters. The van der Waals surface area contributed by atoms with E-state index in [0.717, 1.165) is 53.5 Å². The van der Waals surface area contributed by atoms with Crippen LogP contribution >= 0.6 is 0 Å². The van der Waals surface area contributed by atoms with Crippen LogP contribution in [0, 0.1) is 46.3 Å². The van der Waals surface area contributed by atoms with Gasteiger partial charge in [-0.2, -0.15) is 0 Å². The van der Waals surface area contributed by atoms with Gasteiger partial charge in [-0.05, 0) is 134 Å². The van der Waals surface area contributed by atoms with Crippen molar-refractivity contribution in [3.63, 3.8) is 0 Å². The number of nitrogens with one attached hydrogen (secondary N) is 2. The molecule has 0 unspecified atom stereocenters. The van der Waals surface area contributed by atoms with Crippen LogP contribution in [0.4, 0.5) is 5.69 Å². The molecular weight excluding hydrogens is 611 g/mol. The van der Waals surface area contributed by atoms with E-state index in [1.165, 1.54) is 51.0 Å². The maximum absolute atomic E-state index is 13.0. The molecule has 2 aromatic rings. The van der Waals surface area contributed by atoms with Gasteiger partial charge in [-0.1, -0.05) is 39.0 Å². The summed E-state index contributed by atoms with van der Waals surface area (Å²) in [6, 6.07) is 10.5. The molecule has 9 heteroatoms. The quantitative estimate of drug-likeness (QED) is 0.291. The number of benzene rings is 2. The third kappa shape index (κ3) is 6.43. The largest absolute Gasteiger partial charge is 0.393 e. The fourth-order valence-electron chi connectivity index (χ4n) is 11.1. The van der Waals surface area contributed by atoms with Crippen molar-refractivity contribution in [2.45, 2.75) is 102 Å². The first-order chi connectivity index (χ1) is 22.2. The van der Waals surface area contributed by atoms with Crippen LogP contribution in [0.5, 0.6) is 0 Å². The molecule has 4 aliphatic rings. The topological polar surface area (TPSA) is 116 Å². The molecule has 0 bridgehead atoms. The van der Waals surface area contributed by atoms with Gasteiger partial charge >= 0.3 is 0 Å². The Morgan fingerprint density at radius 1 is 0.957 bits per heavy atom. The Balaban J connectivity index is 0.993. The number of hydrogen-bond donors (Lipinski definition) is 3. The lowest BCUT2D eigenvalue weighted by Gasteiger charge is -2.61. The molecule has 4 saturated carbocycles. The lowest BCUT2D eigenvalue weighted by Crippen LogP contribution is -2.54. The molecule has 4 aliphatic carbocycles. The molecule has 0 aliphatic heterocycles. The summed E-state index contributed by atoms with van der Waals surface area (Å²) in [5.41, 5.74) is 1.65. The number of anilines is 1. The van der Waals surface area contributed by atoms with Crippen molar-refractivity contribution < 1.29 is 23.1 Å². The lowest BCUT2D eigenvalue weighted by molar-refractivity contribution is -0.130. The smallest absolute Gasteiger partial charge is 0.264 e. The Bertz CT molecular complexity index is 1610. The van der Waals surface area contributed by atoms with Crippen LogP contribution in [-0.2, 0) is 19.6 Å². The summed E-state index contributed by atoms with van der Waals surface area (Å²) in [5, 5.41) is 14.7. The second-order valence-electron chi connectivity index (χ2n) is 16.2. The first-order valence-corrected chi connectivity index (χ1v) is 19.4. The van der Waals surface area contributed by atoms with Gasteiger partial charge in [0.2, 0.25) is 5.91 Å². The first kappa shape index (κ1) is 34.2. The van der Waals surface area contributed by atoms with Crippen molar-refractivity contribution in [3.05, 3.63) is 36.4 Å². The van der Waals surface area contributed by atoms with E-state index < -0.39 is 15.9 Å². The van der Waals surface area contributed by atoms with Gasteiger partial charge in [-0.3, -0.25) is 9.59 Å². The van der Waals surface area contributed by atoms with Gasteiger partial charge in [0, 0.05) is 31.6 Å². The highest BCUT2D eigenvalue weighted by Gasteiger charge is 2.60. The molecule has 0 spiro atoms. The number of aliphatic hydroxyl groups is 1. The normalized spacial score (nSPS) is 34.1. The molecule has 8 nitrogen and oxygen atoms in total. The zero-order chi connectivity index (χ0) is 33.7. The lowest BCUT2D eigenvalue weighted by atomic mass is 9.44. The Labute approximate surface area is 281 Å². The number of fused-ring (bicyclic) bond motifs is 6. The molecule has 0 heterocycles. The van der Waals surface area contributed by atoms with E-state index in [1.807, 2.05) is 37.2 Å². The van der Waals surface area contributed by atoms with Crippen molar-refractivity contribution >= 4 is 38.3 Å². The van der Waals surface area contributed by atoms with Crippen molar-refractivity contribution in [1.29, 1.82) is 0 Å². The van der Waals surface area contributed by atoms with E-state index in [2.05, 4.69) is 30.8 Å². The molecule has 0 saturated heterocycles. The Morgan fingerprint density at radius 3 is 2.47 bits per heavy atom. The molecule has 2 amide bonds. The van der Waals surface area contributed by atoms with Crippen LogP contribution in [0.2, 0.25) is 0 Å². The average Bonchev–Trinajstić information content (AvgIpc) is 3.39. The minimum atomic E-state index is -4.08. The number of carbonyl (C=O) groups is 2. The van der Waals surface area contributed by atoms with Crippen molar-refractivity contribution in [2.75, 3.05) is 25.5 Å². The summed E-state index contributed by atoms with van der Waals surface area (Å²) >= 11 is 0. The predicted molar refractivity (Wildman–Crippen MR) is 186 cm³/mol. The number of rotatable bonds is 9. The number of nitrogens with zero attached hydrogens (tertiary/aromatic N) is 1. The standard InChI is InChI=1S/C38H55N3O5S/c1-24(31-14-15-32-30-12-10-26-22-27(42)17-19-37(26,2)33(30)18-20-38(31,32)3)9-16-35(43)39-23-36(44)40-47(45,46)28-11-13-29-25(21-28)7-6-8-34(29)41(4)5/h6-8,11,13,21,24,26-27,30-33,42H,9-10,12,14-20,22-23H2,1-5H3,(H,39,43)(H,40,44)/t24-,26-,27-,30+,31-,32+,33+,37+,38-/m1/s1. The number of aliphatic hydroxyl groups excluding tert-OH is 1. The summed E-state index contributed by atoms with van der Waals surface area (Å²) in [6.45, 7) is 6.98. The molecule has 258 valence electrons. The van der Waals surface area contributed by atoms with E-state index in [4.69, 9.17) is 0 Å². The van der Waals surface area contributed by atoms with E-state index in [1.54, 1.807) is 12.1 Å². The summed E-state index contributed by atoms with van der Waals surface area (Å²) < 4.78 is 28.1. The van der Waals surface area contributed by atoms with E-state index in [-0.39, 0.29) is 23.5 Å². The maximum Gasteiger partial charge on any atom is 0.264 e. The highest BCUT2D eigenvalue weighted by atomic mass is 32.2. The molecule has 4 fully saturated rings. The molecule has 6 rings (SSSR count). The van der Waals surface area contributed by atoms with Crippen LogP contribution in [0.3, 0.4) is 0 Å². The van der Waals surface area contributed by atoms with E-state index >= 15 is 0 Å². The van der Waals surface area contributed by atoms with Gasteiger partial charge in [0.15, 0.2) is 0 Å². The number of carbonyl (C=O) groups excluding carboxylic acids is 2. The minimum Gasteiger partial charge on any atom is -0.393 e. The van der Waals surface area contributed by atoms with Gasteiger partial charge in [0.25, 0.3) is 15.9 Å². The third-order valence-electron chi connectivity index (χ3n) is 13.5. The Hall–Kier alpha value is -2.65. The zero-order valence-corrected chi connectivity index (χ0v) is 29.7. The Kier molecular flexibility index (Phi) is 9.46. The number of sulfonamides is 1. The summed E-state index contributed by atoms with van der Waals surface area (Å²) in [5.74, 6) is 2.99. The molecule has 47 heavy (non-hydrogen) atoms. The van der Waals surface area contributed by atoms with Crippen LogP contribution < -0.4 is 14.9 Å². The van der Waals surface area contributed by atoms with Gasteiger partial charge in [-0.25, -0.2) is 13.1 Å². The summed E-state index contributed by atoms with van der Waals surface area (Å²) in [6.07, 6.45) is 11.7. The van der Waals surface area contributed by atoms with Crippen LogP contribution in [-0.4, -0.2) is 52.1 Å². The second-order valence-corrected chi connectivity index (χ2v) is 17.9. The van der Waals surface area contributed by atoms with Gasteiger partial charge in [-0.15, -0.1) is 0 Å². The van der Waals surface area contributed by atoms with Crippen LogP contribution in [0.1, 0.15) is 91.4 Å². The SMILES string of the molecule is C[C@H](CCC(=O)NCC(=O)NS(=O)(=O)c1ccc2c(N(C)C)cccc2c1)[C@H]1CC[C@H]2[C@@H]3CC[C@@H]4C[C@H](O)CC[C@]4(C)[C@H]3CC[C@]12C. The van der Waals surface area contributed by atoms with E-state index in [9.17, 15) is 23.1 Å². The highest BCUT2D eigenvalue weighted by molar-refractivity contribution is 7.90. The fourth-order valence-corrected chi connectivity index (χ4v) is 12.1. The van der Waals surface area contributed by atoms with Crippen molar-refractivity contribution in [1.82, 2.24) is 10.0 Å². The molecular formula is C38H55N3O5S. The van der Waals surface area contributed by atoms with Crippen molar-refractivity contribution in [2.24, 2.45) is 46.3 Å². The monoisotopic (exact) mass is 665 g/mol. The van der Waals surface area contributed by atoms with E-state index in [0.29, 0.717) is 35.0 Å². The fraction of sp³-hybridized carbons (Fsp3) is 0.684. The maximum atomic E-state index is 13.0. The number of hydrogen-bond acceptors (Lipinski definition) is 6. The van der Waals surface area contributed by atoms with Crippen LogP contribution in [0.15, 0.2) is 41.3 Å².